The number of rotatable bonds is 6. The molecule has 1 aromatic heterocycles. The molecular weight excluding hydrogens is 386 g/mol. The van der Waals surface area contributed by atoms with Gasteiger partial charge in [-0.25, -0.2) is 4.98 Å². The number of carbonyl (C=O) groups is 1. The molecule has 2 aromatic carbocycles. The van der Waals surface area contributed by atoms with E-state index in [1.165, 1.54) is 0 Å². The summed E-state index contributed by atoms with van der Waals surface area (Å²) >= 11 is 0. The van der Waals surface area contributed by atoms with Gasteiger partial charge in [-0.05, 0) is 73.6 Å². The SMILES string of the molecule is N#Cc1ccc(C(=O)NC2(c3ccc(-c4ccc(OC5CC5)nc4)cc3)CCC2)cc1. The highest BCUT2D eigenvalue weighted by Gasteiger charge is 2.40. The molecule has 2 fully saturated rings. The Morgan fingerprint density at radius 1 is 1.00 bits per heavy atom. The van der Waals surface area contributed by atoms with Crippen molar-refractivity contribution in [2.24, 2.45) is 0 Å². The number of pyridine rings is 1. The zero-order chi connectivity index (χ0) is 21.3. The van der Waals surface area contributed by atoms with Gasteiger partial charge in [0.2, 0.25) is 5.88 Å². The topological polar surface area (TPSA) is 75.0 Å². The maximum atomic E-state index is 12.8. The molecule has 0 saturated heterocycles. The molecular formula is C26H23N3O2. The Hall–Kier alpha value is -3.65. The van der Waals surface area contributed by atoms with Crippen LogP contribution in [-0.2, 0) is 5.54 Å². The summed E-state index contributed by atoms with van der Waals surface area (Å²) in [4.78, 5) is 17.2. The summed E-state index contributed by atoms with van der Waals surface area (Å²) in [6.07, 6.45) is 7.35. The first-order valence-corrected chi connectivity index (χ1v) is 10.7. The lowest BCUT2D eigenvalue weighted by atomic mass is 9.71. The van der Waals surface area contributed by atoms with Gasteiger partial charge in [0.15, 0.2) is 0 Å². The van der Waals surface area contributed by atoms with Crippen molar-refractivity contribution >= 4 is 5.91 Å². The number of hydrogen-bond donors (Lipinski definition) is 1. The number of aromatic nitrogens is 1. The van der Waals surface area contributed by atoms with E-state index >= 15 is 0 Å². The molecule has 0 radical (unpaired) electrons. The van der Waals surface area contributed by atoms with Gasteiger partial charge in [0, 0.05) is 23.4 Å². The zero-order valence-electron chi connectivity index (χ0n) is 17.2. The first kappa shape index (κ1) is 19.3. The summed E-state index contributed by atoms with van der Waals surface area (Å²) in [5.74, 6) is 0.575. The maximum absolute atomic E-state index is 12.8. The van der Waals surface area contributed by atoms with Crippen molar-refractivity contribution in [1.82, 2.24) is 10.3 Å². The quantitative estimate of drug-likeness (QED) is 0.624. The molecule has 0 aliphatic heterocycles. The lowest BCUT2D eigenvalue weighted by Gasteiger charge is -2.43. The van der Waals surface area contributed by atoms with E-state index in [2.05, 4.69) is 40.6 Å². The number of hydrogen-bond acceptors (Lipinski definition) is 4. The summed E-state index contributed by atoms with van der Waals surface area (Å²) in [5, 5.41) is 12.2. The molecule has 5 heteroatoms. The lowest BCUT2D eigenvalue weighted by Crippen LogP contribution is -2.50. The first-order valence-electron chi connectivity index (χ1n) is 10.7. The van der Waals surface area contributed by atoms with Crippen LogP contribution in [0.3, 0.4) is 0 Å². The van der Waals surface area contributed by atoms with Crippen LogP contribution in [0.1, 0.15) is 53.6 Å². The smallest absolute Gasteiger partial charge is 0.251 e. The summed E-state index contributed by atoms with van der Waals surface area (Å²) in [5.41, 5.74) is 4.03. The molecule has 2 aliphatic carbocycles. The molecule has 2 aliphatic rings. The van der Waals surface area contributed by atoms with E-state index in [1.807, 2.05) is 18.3 Å². The van der Waals surface area contributed by atoms with Gasteiger partial charge in [-0.15, -0.1) is 0 Å². The van der Waals surface area contributed by atoms with Crippen LogP contribution in [0.15, 0.2) is 66.9 Å². The van der Waals surface area contributed by atoms with Gasteiger partial charge in [0.1, 0.15) is 6.10 Å². The van der Waals surface area contributed by atoms with Gasteiger partial charge in [-0.2, -0.15) is 5.26 Å². The fourth-order valence-corrected chi connectivity index (χ4v) is 3.96. The van der Waals surface area contributed by atoms with E-state index in [0.29, 0.717) is 23.1 Å². The van der Waals surface area contributed by atoms with Crippen LogP contribution in [0.2, 0.25) is 0 Å². The summed E-state index contributed by atoms with van der Waals surface area (Å²) in [7, 11) is 0. The number of nitrogens with one attached hydrogen (secondary N) is 1. The van der Waals surface area contributed by atoms with Gasteiger partial charge in [0.05, 0.1) is 17.2 Å². The number of carbonyl (C=O) groups excluding carboxylic acids is 1. The second kappa shape index (κ2) is 7.88. The van der Waals surface area contributed by atoms with Crippen LogP contribution in [0, 0.1) is 11.3 Å². The molecule has 0 bridgehead atoms. The van der Waals surface area contributed by atoms with Gasteiger partial charge in [0.25, 0.3) is 5.91 Å². The van der Waals surface area contributed by atoms with Gasteiger partial charge in [-0.1, -0.05) is 24.3 Å². The number of amides is 1. The van der Waals surface area contributed by atoms with Crippen LogP contribution >= 0.6 is 0 Å². The van der Waals surface area contributed by atoms with E-state index in [0.717, 1.165) is 48.8 Å². The summed E-state index contributed by atoms with van der Waals surface area (Å²) < 4.78 is 5.72. The van der Waals surface area contributed by atoms with Gasteiger partial charge >= 0.3 is 0 Å². The van der Waals surface area contributed by atoms with Gasteiger partial charge in [-0.3, -0.25) is 4.79 Å². The predicted octanol–water partition coefficient (Wildman–Crippen LogP) is 4.97. The fourth-order valence-electron chi connectivity index (χ4n) is 3.96. The molecule has 1 amide bonds. The highest BCUT2D eigenvalue weighted by Crippen LogP contribution is 2.42. The number of benzene rings is 2. The number of nitriles is 1. The van der Waals surface area contributed by atoms with E-state index in [9.17, 15) is 4.79 Å². The maximum Gasteiger partial charge on any atom is 0.251 e. The third kappa shape index (κ3) is 4.02. The van der Waals surface area contributed by atoms with E-state index in [-0.39, 0.29) is 11.4 Å². The minimum Gasteiger partial charge on any atom is -0.474 e. The lowest BCUT2D eigenvalue weighted by molar-refractivity contribution is 0.0823. The van der Waals surface area contributed by atoms with Crippen molar-refractivity contribution in [2.45, 2.75) is 43.7 Å². The van der Waals surface area contributed by atoms with E-state index in [1.54, 1.807) is 24.3 Å². The highest BCUT2D eigenvalue weighted by atomic mass is 16.5. The van der Waals surface area contributed by atoms with Crippen molar-refractivity contribution in [3.63, 3.8) is 0 Å². The Labute approximate surface area is 181 Å². The number of ether oxygens (including phenoxy) is 1. The molecule has 0 atom stereocenters. The summed E-state index contributed by atoms with van der Waals surface area (Å²) in [6.45, 7) is 0. The van der Waals surface area contributed by atoms with Crippen molar-refractivity contribution in [2.75, 3.05) is 0 Å². The predicted molar refractivity (Wildman–Crippen MR) is 117 cm³/mol. The Balaban J connectivity index is 1.31. The van der Waals surface area contributed by atoms with Crippen LogP contribution in [-0.4, -0.2) is 17.0 Å². The molecule has 0 spiro atoms. The second-order valence-corrected chi connectivity index (χ2v) is 8.36. The van der Waals surface area contributed by atoms with Crippen molar-refractivity contribution < 1.29 is 9.53 Å². The van der Waals surface area contributed by atoms with Crippen LogP contribution in [0.4, 0.5) is 0 Å². The Kier molecular flexibility index (Phi) is 4.91. The monoisotopic (exact) mass is 409 g/mol. The minimum atomic E-state index is -0.330. The molecule has 3 aromatic rings. The minimum absolute atomic E-state index is 0.108. The molecule has 5 rings (SSSR count). The van der Waals surface area contributed by atoms with E-state index < -0.39 is 0 Å². The molecule has 5 nitrogen and oxygen atoms in total. The average molecular weight is 409 g/mol. The van der Waals surface area contributed by atoms with Crippen molar-refractivity contribution in [1.29, 1.82) is 5.26 Å². The molecule has 1 N–H and O–H groups in total. The van der Waals surface area contributed by atoms with Crippen LogP contribution in [0.5, 0.6) is 5.88 Å². The fraction of sp³-hybridized carbons (Fsp3) is 0.269. The largest absolute Gasteiger partial charge is 0.474 e. The molecule has 1 heterocycles. The standard InChI is InChI=1S/C26H23N3O2/c27-16-18-2-4-20(5-3-18)25(30)29-26(14-1-15-26)22-9-6-19(7-10-22)21-8-13-24(28-17-21)31-23-11-12-23/h2-10,13,17,23H,1,11-12,14-15H2,(H,29,30). The average Bonchev–Trinajstić information content (AvgIpc) is 3.61. The van der Waals surface area contributed by atoms with Crippen LogP contribution in [0.25, 0.3) is 11.1 Å². The third-order valence-electron chi connectivity index (χ3n) is 6.16. The Morgan fingerprint density at radius 3 is 2.26 bits per heavy atom. The van der Waals surface area contributed by atoms with Crippen LogP contribution < -0.4 is 10.1 Å². The number of nitrogens with zero attached hydrogens (tertiary/aromatic N) is 2. The molecule has 2 saturated carbocycles. The van der Waals surface area contributed by atoms with Crippen molar-refractivity contribution in [3.05, 3.63) is 83.6 Å². The first-order chi connectivity index (χ1) is 15.1. The zero-order valence-corrected chi connectivity index (χ0v) is 17.2. The molecule has 154 valence electrons. The highest BCUT2D eigenvalue weighted by molar-refractivity contribution is 5.95. The Bertz CT molecular complexity index is 1120. The molecule has 31 heavy (non-hydrogen) atoms. The Morgan fingerprint density at radius 2 is 1.71 bits per heavy atom. The second-order valence-electron chi connectivity index (χ2n) is 8.36. The van der Waals surface area contributed by atoms with Gasteiger partial charge < -0.3 is 10.1 Å². The normalized spacial score (nSPS) is 16.6. The van der Waals surface area contributed by atoms with E-state index in [4.69, 9.17) is 10.00 Å². The molecule has 0 unspecified atom stereocenters. The van der Waals surface area contributed by atoms with Crippen molar-refractivity contribution in [3.8, 4) is 23.1 Å². The third-order valence-corrected chi connectivity index (χ3v) is 6.16. The summed E-state index contributed by atoms with van der Waals surface area (Å²) in [6, 6.07) is 21.2.